The van der Waals surface area contributed by atoms with E-state index in [4.69, 9.17) is 4.74 Å². The van der Waals surface area contributed by atoms with E-state index in [2.05, 4.69) is 10.3 Å². The topological polar surface area (TPSA) is 71.5 Å². The van der Waals surface area contributed by atoms with Gasteiger partial charge in [0.15, 0.2) is 0 Å². The van der Waals surface area contributed by atoms with Crippen molar-refractivity contribution in [2.24, 2.45) is 0 Å². The predicted molar refractivity (Wildman–Crippen MR) is 99.3 cm³/mol. The van der Waals surface area contributed by atoms with Gasteiger partial charge in [-0.2, -0.15) is 0 Å². The van der Waals surface area contributed by atoms with Gasteiger partial charge in [-0.15, -0.1) is 0 Å². The maximum atomic E-state index is 13.0. The molecule has 1 aliphatic heterocycles. The second-order valence-electron chi connectivity index (χ2n) is 6.63. The van der Waals surface area contributed by atoms with Crippen LogP contribution >= 0.6 is 0 Å². The number of amides is 2. The number of para-hydroxylation sites is 1. The summed E-state index contributed by atoms with van der Waals surface area (Å²) in [7, 11) is 0. The van der Waals surface area contributed by atoms with Gasteiger partial charge in [-0.1, -0.05) is 18.2 Å². The van der Waals surface area contributed by atoms with Crippen LogP contribution in [-0.2, 0) is 4.74 Å². The summed E-state index contributed by atoms with van der Waals surface area (Å²) in [5.74, 6) is -0.447. The zero-order valence-corrected chi connectivity index (χ0v) is 15.2. The molecule has 0 spiro atoms. The minimum Gasteiger partial charge on any atom is -0.372 e. The Kier molecular flexibility index (Phi) is 5.32. The van der Waals surface area contributed by atoms with Gasteiger partial charge < -0.3 is 15.0 Å². The number of aromatic nitrogens is 1. The number of ether oxygens (including phenoxy) is 1. The molecule has 0 aliphatic carbocycles. The zero-order valence-electron chi connectivity index (χ0n) is 15.2. The number of aryl methyl sites for hydroxylation is 1. The third kappa shape index (κ3) is 4.08. The SMILES string of the molecule is Cc1cccc(C(=O)Nc2ccccc2C(=O)N2C[C@H](C)O[C@@H](C)C2)n1. The number of pyridine rings is 1. The van der Waals surface area contributed by atoms with Crippen molar-refractivity contribution in [2.45, 2.75) is 33.0 Å². The first-order valence-corrected chi connectivity index (χ1v) is 8.73. The van der Waals surface area contributed by atoms with Gasteiger partial charge in [-0.05, 0) is 45.0 Å². The molecule has 1 N–H and O–H groups in total. The Hall–Kier alpha value is -2.73. The number of anilines is 1. The smallest absolute Gasteiger partial charge is 0.274 e. The van der Waals surface area contributed by atoms with Gasteiger partial charge in [0.05, 0.1) is 23.5 Å². The molecule has 2 amide bonds. The fourth-order valence-corrected chi connectivity index (χ4v) is 3.15. The highest BCUT2D eigenvalue weighted by molar-refractivity contribution is 6.08. The van der Waals surface area contributed by atoms with E-state index in [0.29, 0.717) is 30.0 Å². The molecule has 1 aliphatic rings. The van der Waals surface area contributed by atoms with Crippen molar-refractivity contribution in [1.29, 1.82) is 0 Å². The van der Waals surface area contributed by atoms with Crippen LogP contribution < -0.4 is 5.32 Å². The van der Waals surface area contributed by atoms with Crippen LogP contribution in [0.5, 0.6) is 0 Å². The molecule has 6 nitrogen and oxygen atoms in total. The summed E-state index contributed by atoms with van der Waals surface area (Å²) in [6.07, 6.45) is -0.0260. The van der Waals surface area contributed by atoms with Crippen LogP contribution in [0.15, 0.2) is 42.5 Å². The van der Waals surface area contributed by atoms with Crippen LogP contribution in [-0.4, -0.2) is 47.0 Å². The van der Waals surface area contributed by atoms with E-state index >= 15 is 0 Å². The summed E-state index contributed by atoms with van der Waals surface area (Å²) in [4.78, 5) is 31.5. The molecule has 1 fully saturated rings. The quantitative estimate of drug-likeness (QED) is 0.921. The normalized spacial score (nSPS) is 19.9. The molecular formula is C20H23N3O3. The number of nitrogens with zero attached hydrogens (tertiary/aromatic N) is 2. The van der Waals surface area contributed by atoms with E-state index in [9.17, 15) is 9.59 Å². The van der Waals surface area contributed by atoms with Crippen LogP contribution in [0.1, 0.15) is 40.4 Å². The van der Waals surface area contributed by atoms with Gasteiger partial charge in [-0.3, -0.25) is 9.59 Å². The lowest BCUT2D eigenvalue weighted by Crippen LogP contribution is -2.48. The van der Waals surface area contributed by atoms with Crippen LogP contribution in [0, 0.1) is 6.92 Å². The molecule has 6 heteroatoms. The number of benzene rings is 1. The first kappa shape index (κ1) is 18.1. The number of carbonyl (C=O) groups is 2. The summed E-state index contributed by atoms with van der Waals surface area (Å²) in [5.41, 5.74) is 2.03. The van der Waals surface area contributed by atoms with Gasteiger partial charge in [0.25, 0.3) is 11.8 Å². The number of carbonyl (C=O) groups excluding carboxylic acids is 2. The van der Waals surface area contributed by atoms with Gasteiger partial charge in [0.2, 0.25) is 0 Å². The van der Waals surface area contributed by atoms with Crippen molar-refractivity contribution < 1.29 is 14.3 Å². The van der Waals surface area contributed by atoms with E-state index in [1.807, 2.05) is 26.8 Å². The number of hydrogen-bond acceptors (Lipinski definition) is 4. The van der Waals surface area contributed by atoms with Gasteiger partial charge in [-0.25, -0.2) is 4.98 Å². The molecule has 0 radical (unpaired) electrons. The zero-order chi connectivity index (χ0) is 18.7. The third-order valence-corrected chi connectivity index (χ3v) is 4.23. The summed E-state index contributed by atoms with van der Waals surface area (Å²) in [5, 5.41) is 2.82. The maximum Gasteiger partial charge on any atom is 0.274 e. The Morgan fingerprint density at radius 2 is 1.77 bits per heavy atom. The third-order valence-electron chi connectivity index (χ3n) is 4.23. The molecule has 1 aromatic heterocycles. The fraction of sp³-hybridized carbons (Fsp3) is 0.350. The molecule has 2 atom stereocenters. The van der Waals surface area contributed by atoms with Crippen LogP contribution in [0.2, 0.25) is 0 Å². The van der Waals surface area contributed by atoms with Crippen molar-refractivity contribution >= 4 is 17.5 Å². The lowest BCUT2D eigenvalue weighted by molar-refractivity contribution is -0.0585. The second-order valence-corrected chi connectivity index (χ2v) is 6.63. The van der Waals surface area contributed by atoms with Crippen molar-refractivity contribution in [3.05, 3.63) is 59.4 Å². The largest absolute Gasteiger partial charge is 0.372 e. The van der Waals surface area contributed by atoms with Crippen LogP contribution in [0.25, 0.3) is 0 Å². The molecule has 2 aromatic rings. The number of nitrogens with one attached hydrogen (secondary N) is 1. The van der Waals surface area contributed by atoms with Gasteiger partial charge >= 0.3 is 0 Å². The van der Waals surface area contributed by atoms with Crippen molar-refractivity contribution in [1.82, 2.24) is 9.88 Å². The van der Waals surface area contributed by atoms with E-state index in [1.165, 1.54) is 0 Å². The Bertz CT molecular complexity index is 811. The molecule has 0 saturated carbocycles. The van der Waals surface area contributed by atoms with E-state index in [-0.39, 0.29) is 24.0 Å². The van der Waals surface area contributed by atoms with E-state index in [0.717, 1.165) is 5.69 Å². The van der Waals surface area contributed by atoms with Crippen molar-refractivity contribution in [2.75, 3.05) is 18.4 Å². The van der Waals surface area contributed by atoms with Crippen molar-refractivity contribution in [3.63, 3.8) is 0 Å². The average Bonchev–Trinajstić information content (AvgIpc) is 2.61. The molecule has 136 valence electrons. The standard InChI is InChI=1S/C20H23N3O3/c1-13-7-6-10-18(21-13)19(24)22-17-9-5-4-8-16(17)20(25)23-11-14(2)26-15(3)12-23/h4-10,14-15H,11-12H2,1-3H3,(H,22,24)/t14-,15-/m0/s1. The summed E-state index contributed by atoms with van der Waals surface area (Å²) < 4.78 is 5.69. The molecule has 0 unspecified atom stereocenters. The van der Waals surface area contributed by atoms with Crippen LogP contribution in [0.3, 0.4) is 0 Å². The van der Waals surface area contributed by atoms with E-state index in [1.54, 1.807) is 41.3 Å². The Balaban J connectivity index is 1.82. The Morgan fingerprint density at radius 1 is 1.08 bits per heavy atom. The van der Waals surface area contributed by atoms with Gasteiger partial charge in [0, 0.05) is 18.8 Å². The number of rotatable bonds is 3. The first-order valence-electron chi connectivity index (χ1n) is 8.73. The van der Waals surface area contributed by atoms with Crippen molar-refractivity contribution in [3.8, 4) is 0 Å². The summed E-state index contributed by atoms with van der Waals surface area (Å²) >= 11 is 0. The molecule has 1 saturated heterocycles. The summed E-state index contributed by atoms with van der Waals surface area (Å²) in [6, 6.07) is 12.3. The number of hydrogen-bond donors (Lipinski definition) is 1. The number of morpholine rings is 1. The molecule has 3 rings (SSSR count). The maximum absolute atomic E-state index is 13.0. The highest BCUT2D eigenvalue weighted by atomic mass is 16.5. The summed E-state index contributed by atoms with van der Waals surface area (Å²) in [6.45, 7) is 6.80. The molecule has 2 heterocycles. The predicted octanol–water partition coefficient (Wildman–Crippen LogP) is 2.89. The molecular weight excluding hydrogens is 330 g/mol. The minimum atomic E-state index is -0.335. The lowest BCUT2D eigenvalue weighted by atomic mass is 10.1. The van der Waals surface area contributed by atoms with E-state index < -0.39 is 0 Å². The monoisotopic (exact) mass is 353 g/mol. The van der Waals surface area contributed by atoms with Gasteiger partial charge in [0.1, 0.15) is 5.69 Å². The molecule has 1 aromatic carbocycles. The Morgan fingerprint density at radius 3 is 2.46 bits per heavy atom. The Labute approximate surface area is 153 Å². The average molecular weight is 353 g/mol. The second kappa shape index (κ2) is 7.66. The first-order chi connectivity index (χ1) is 12.4. The highest BCUT2D eigenvalue weighted by Gasteiger charge is 2.28. The lowest BCUT2D eigenvalue weighted by Gasteiger charge is -2.35. The van der Waals surface area contributed by atoms with Crippen LogP contribution in [0.4, 0.5) is 5.69 Å². The molecule has 0 bridgehead atoms. The fourth-order valence-electron chi connectivity index (χ4n) is 3.15. The minimum absolute atomic E-state index is 0.0130. The molecule has 26 heavy (non-hydrogen) atoms. The highest BCUT2D eigenvalue weighted by Crippen LogP contribution is 2.21.